The maximum Gasteiger partial charge on any atom is 0.123 e. The number of phenolic OH excluding ortho intramolecular Hbond substituents is 1. The first-order chi connectivity index (χ1) is 9.66. The van der Waals surface area contributed by atoms with E-state index in [2.05, 4.69) is 11.0 Å². The average molecular weight is 275 g/mol. The van der Waals surface area contributed by atoms with Crippen molar-refractivity contribution in [3.05, 3.63) is 23.8 Å². The van der Waals surface area contributed by atoms with Crippen LogP contribution in [0.25, 0.3) is 0 Å². The minimum Gasteiger partial charge on any atom is -0.507 e. The summed E-state index contributed by atoms with van der Waals surface area (Å²) >= 11 is 0. The van der Waals surface area contributed by atoms with Crippen molar-refractivity contribution in [2.24, 2.45) is 5.92 Å². The Hall–Kier alpha value is -1.22. The predicted octanol–water partition coefficient (Wildman–Crippen LogP) is 3.60. The first-order valence-corrected chi connectivity index (χ1v) is 7.94. The van der Waals surface area contributed by atoms with E-state index in [4.69, 9.17) is 0 Å². The summed E-state index contributed by atoms with van der Waals surface area (Å²) in [5.41, 5.74) is 1.73. The monoisotopic (exact) mass is 275 g/mol. The molecule has 1 aliphatic heterocycles. The molecule has 1 saturated heterocycles. The number of aliphatic hydroxyl groups is 1. The van der Waals surface area contributed by atoms with Gasteiger partial charge in [0.25, 0.3) is 0 Å². The number of nitrogens with zero attached hydrogens (tertiary/aromatic N) is 1. The molecule has 1 aliphatic carbocycles. The van der Waals surface area contributed by atoms with Gasteiger partial charge in [0.1, 0.15) is 5.75 Å². The average Bonchev–Trinajstić information content (AvgIpc) is 2.46. The third-order valence-electron chi connectivity index (χ3n) is 5.04. The second-order valence-corrected chi connectivity index (χ2v) is 6.37. The number of piperidine rings is 1. The lowest BCUT2D eigenvalue weighted by molar-refractivity contribution is 0.195. The Labute approximate surface area is 121 Å². The Morgan fingerprint density at radius 2 is 1.90 bits per heavy atom. The highest BCUT2D eigenvalue weighted by molar-refractivity contribution is 5.55. The predicted molar refractivity (Wildman–Crippen MR) is 81.1 cm³/mol. The first-order valence-electron chi connectivity index (χ1n) is 7.94. The third kappa shape index (κ3) is 2.51. The van der Waals surface area contributed by atoms with Gasteiger partial charge in [-0.2, -0.15) is 0 Å². The van der Waals surface area contributed by atoms with Gasteiger partial charge in [-0.05, 0) is 44.6 Å². The van der Waals surface area contributed by atoms with Crippen molar-refractivity contribution in [2.45, 2.75) is 57.6 Å². The van der Waals surface area contributed by atoms with Crippen molar-refractivity contribution in [1.29, 1.82) is 0 Å². The molecule has 110 valence electrons. The van der Waals surface area contributed by atoms with Gasteiger partial charge in [0.15, 0.2) is 0 Å². The van der Waals surface area contributed by atoms with Gasteiger partial charge in [-0.1, -0.05) is 18.9 Å². The normalized spacial score (nSPS) is 28.0. The van der Waals surface area contributed by atoms with Crippen LogP contribution in [-0.2, 0) is 0 Å². The maximum absolute atomic E-state index is 10.1. The summed E-state index contributed by atoms with van der Waals surface area (Å²) < 4.78 is 0. The van der Waals surface area contributed by atoms with E-state index in [1.54, 1.807) is 6.92 Å². The van der Waals surface area contributed by atoms with Gasteiger partial charge >= 0.3 is 0 Å². The highest BCUT2D eigenvalue weighted by atomic mass is 16.3. The van der Waals surface area contributed by atoms with Crippen LogP contribution in [0.15, 0.2) is 18.2 Å². The minimum absolute atomic E-state index is 0.218. The van der Waals surface area contributed by atoms with Gasteiger partial charge in [-0.3, -0.25) is 0 Å². The van der Waals surface area contributed by atoms with Crippen LogP contribution < -0.4 is 4.90 Å². The lowest BCUT2D eigenvalue weighted by Gasteiger charge is -2.45. The van der Waals surface area contributed by atoms with E-state index >= 15 is 0 Å². The molecule has 20 heavy (non-hydrogen) atoms. The van der Waals surface area contributed by atoms with Crippen LogP contribution in [0.2, 0.25) is 0 Å². The van der Waals surface area contributed by atoms with Crippen LogP contribution in [0, 0.1) is 5.92 Å². The SMILES string of the molecule is CC(O)c1ccc(N2CCCC3CCCCC32)cc1O. The van der Waals surface area contributed by atoms with Crippen LogP contribution in [-0.4, -0.2) is 22.8 Å². The highest BCUT2D eigenvalue weighted by Gasteiger charge is 2.33. The second kappa shape index (κ2) is 5.65. The number of aromatic hydroxyl groups is 1. The van der Waals surface area contributed by atoms with Gasteiger partial charge in [0, 0.05) is 29.9 Å². The van der Waals surface area contributed by atoms with Gasteiger partial charge < -0.3 is 15.1 Å². The molecule has 1 saturated carbocycles. The van der Waals surface area contributed by atoms with Crippen molar-refractivity contribution in [3.8, 4) is 5.75 Å². The summed E-state index contributed by atoms with van der Waals surface area (Å²) in [6.07, 6.45) is 7.34. The topological polar surface area (TPSA) is 43.7 Å². The summed E-state index contributed by atoms with van der Waals surface area (Å²) in [6.45, 7) is 2.78. The molecule has 0 aromatic heterocycles. The Bertz CT molecular complexity index is 470. The fourth-order valence-electron chi connectivity index (χ4n) is 4.01. The van der Waals surface area contributed by atoms with Crippen LogP contribution >= 0.6 is 0 Å². The Balaban J connectivity index is 1.85. The van der Waals surface area contributed by atoms with Crippen LogP contribution in [0.1, 0.15) is 57.1 Å². The smallest absolute Gasteiger partial charge is 0.123 e. The maximum atomic E-state index is 10.1. The molecule has 2 N–H and O–H groups in total. The van der Waals surface area contributed by atoms with Crippen molar-refractivity contribution >= 4 is 5.69 Å². The Morgan fingerprint density at radius 3 is 2.65 bits per heavy atom. The van der Waals surface area contributed by atoms with E-state index in [0.29, 0.717) is 11.6 Å². The second-order valence-electron chi connectivity index (χ2n) is 6.37. The number of benzene rings is 1. The van der Waals surface area contributed by atoms with Crippen molar-refractivity contribution in [3.63, 3.8) is 0 Å². The number of hydrogen-bond acceptors (Lipinski definition) is 3. The fourth-order valence-corrected chi connectivity index (χ4v) is 4.01. The van der Waals surface area contributed by atoms with E-state index < -0.39 is 6.10 Å². The third-order valence-corrected chi connectivity index (χ3v) is 5.04. The zero-order valence-corrected chi connectivity index (χ0v) is 12.3. The lowest BCUT2D eigenvalue weighted by Crippen LogP contribution is -2.46. The highest BCUT2D eigenvalue weighted by Crippen LogP contribution is 2.39. The molecule has 3 unspecified atom stereocenters. The van der Waals surface area contributed by atoms with Gasteiger partial charge in [0.2, 0.25) is 0 Å². The minimum atomic E-state index is -0.618. The van der Waals surface area contributed by atoms with Crippen molar-refractivity contribution < 1.29 is 10.2 Å². The Kier molecular flexibility index (Phi) is 3.88. The zero-order chi connectivity index (χ0) is 14.1. The molecule has 1 aromatic rings. The zero-order valence-electron chi connectivity index (χ0n) is 12.3. The van der Waals surface area contributed by atoms with Gasteiger partial charge in [-0.15, -0.1) is 0 Å². The molecule has 3 atom stereocenters. The van der Waals surface area contributed by atoms with Gasteiger partial charge in [-0.25, -0.2) is 0 Å². The number of anilines is 1. The molecular weight excluding hydrogens is 250 g/mol. The number of rotatable bonds is 2. The molecular formula is C17H25NO2. The molecule has 2 fully saturated rings. The van der Waals surface area contributed by atoms with Crippen molar-refractivity contribution in [1.82, 2.24) is 0 Å². The molecule has 0 amide bonds. The van der Waals surface area contributed by atoms with Crippen LogP contribution in [0.5, 0.6) is 5.75 Å². The molecule has 1 heterocycles. The van der Waals surface area contributed by atoms with E-state index in [0.717, 1.165) is 18.2 Å². The molecule has 2 aliphatic rings. The van der Waals surface area contributed by atoms with E-state index in [9.17, 15) is 10.2 Å². The quantitative estimate of drug-likeness (QED) is 0.866. The standard InChI is InChI=1S/C17H25NO2/c1-12(19)15-9-8-14(11-17(15)20)18-10-4-6-13-5-2-3-7-16(13)18/h8-9,11-13,16,19-20H,2-7,10H2,1H3. The summed E-state index contributed by atoms with van der Waals surface area (Å²) in [5, 5.41) is 19.7. The number of fused-ring (bicyclic) bond motifs is 1. The number of phenols is 1. The summed E-state index contributed by atoms with van der Waals surface area (Å²) in [5.74, 6) is 1.05. The fraction of sp³-hybridized carbons (Fsp3) is 0.647. The van der Waals surface area contributed by atoms with Crippen LogP contribution in [0.4, 0.5) is 5.69 Å². The summed E-state index contributed by atoms with van der Waals surface area (Å²) in [4.78, 5) is 2.48. The summed E-state index contributed by atoms with van der Waals surface area (Å²) in [7, 11) is 0. The van der Waals surface area contributed by atoms with E-state index in [1.807, 2.05) is 12.1 Å². The Morgan fingerprint density at radius 1 is 1.15 bits per heavy atom. The first kappa shape index (κ1) is 13.7. The number of aliphatic hydroxyl groups excluding tert-OH is 1. The van der Waals surface area contributed by atoms with E-state index in [-0.39, 0.29) is 5.75 Å². The largest absolute Gasteiger partial charge is 0.507 e. The molecule has 3 heteroatoms. The molecule has 3 rings (SSSR count). The van der Waals surface area contributed by atoms with E-state index in [1.165, 1.54) is 38.5 Å². The van der Waals surface area contributed by atoms with Gasteiger partial charge in [0.05, 0.1) is 6.10 Å². The number of hydrogen-bond donors (Lipinski definition) is 2. The lowest BCUT2D eigenvalue weighted by atomic mass is 9.78. The molecule has 0 bridgehead atoms. The van der Waals surface area contributed by atoms with Crippen LogP contribution in [0.3, 0.4) is 0 Å². The molecule has 1 aromatic carbocycles. The summed E-state index contributed by atoms with van der Waals surface area (Å²) in [6, 6.07) is 6.40. The molecule has 0 spiro atoms. The molecule has 3 nitrogen and oxygen atoms in total. The van der Waals surface area contributed by atoms with Crippen molar-refractivity contribution in [2.75, 3.05) is 11.4 Å². The molecule has 0 radical (unpaired) electrons.